The van der Waals surface area contributed by atoms with Crippen molar-refractivity contribution in [3.63, 3.8) is 0 Å². The van der Waals surface area contributed by atoms with E-state index in [4.69, 9.17) is 4.74 Å². The first kappa shape index (κ1) is 15.4. The molecule has 1 aliphatic rings. The highest BCUT2D eigenvalue weighted by atomic mass is 16.5. The second kappa shape index (κ2) is 7.74. The third-order valence-electron chi connectivity index (χ3n) is 2.98. The predicted molar refractivity (Wildman–Crippen MR) is 73.6 cm³/mol. The molecule has 1 aliphatic carbocycles. The standard InChI is InChI=1S/C14H28N2O2/c1-14(2,3)16-13(17)11-15-9-10-18-12-7-5-4-6-8-12/h12,15H,4-11H2,1-3H3,(H,16,17). The van der Waals surface area contributed by atoms with Crippen molar-refractivity contribution in [3.05, 3.63) is 0 Å². The van der Waals surface area contributed by atoms with E-state index >= 15 is 0 Å². The molecule has 1 fully saturated rings. The quantitative estimate of drug-likeness (QED) is 0.713. The van der Waals surface area contributed by atoms with Gasteiger partial charge in [-0.1, -0.05) is 19.3 Å². The summed E-state index contributed by atoms with van der Waals surface area (Å²) in [4.78, 5) is 11.5. The zero-order chi connectivity index (χ0) is 13.4. The molecule has 0 radical (unpaired) electrons. The van der Waals surface area contributed by atoms with Gasteiger partial charge in [-0.3, -0.25) is 4.79 Å². The highest BCUT2D eigenvalue weighted by Gasteiger charge is 2.14. The van der Waals surface area contributed by atoms with Crippen LogP contribution in [0.2, 0.25) is 0 Å². The average molecular weight is 256 g/mol. The van der Waals surface area contributed by atoms with Crippen LogP contribution >= 0.6 is 0 Å². The van der Waals surface area contributed by atoms with Gasteiger partial charge in [-0.25, -0.2) is 0 Å². The fourth-order valence-corrected chi connectivity index (χ4v) is 2.19. The van der Waals surface area contributed by atoms with Gasteiger partial charge in [0.2, 0.25) is 5.91 Å². The molecule has 0 atom stereocenters. The van der Waals surface area contributed by atoms with Crippen LogP contribution in [-0.4, -0.2) is 37.2 Å². The van der Waals surface area contributed by atoms with Gasteiger partial charge in [-0.15, -0.1) is 0 Å². The Morgan fingerprint density at radius 3 is 2.50 bits per heavy atom. The Labute approximate surface area is 111 Å². The van der Waals surface area contributed by atoms with Gasteiger partial charge in [0.1, 0.15) is 0 Å². The fourth-order valence-electron chi connectivity index (χ4n) is 2.19. The lowest BCUT2D eigenvalue weighted by molar-refractivity contribution is -0.121. The van der Waals surface area contributed by atoms with Crippen molar-refractivity contribution in [2.45, 2.75) is 64.5 Å². The van der Waals surface area contributed by atoms with Gasteiger partial charge < -0.3 is 15.4 Å². The highest BCUT2D eigenvalue weighted by molar-refractivity contribution is 5.78. The summed E-state index contributed by atoms with van der Waals surface area (Å²) in [5.41, 5.74) is -0.155. The maximum Gasteiger partial charge on any atom is 0.234 e. The van der Waals surface area contributed by atoms with Crippen molar-refractivity contribution >= 4 is 5.91 Å². The minimum atomic E-state index is -0.155. The molecule has 0 aromatic carbocycles. The third-order valence-corrected chi connectivity index (χ3v) is 2.98. The summed E-state index contributed by atoms with van der Waals surface area (Å²) >= 11 is 0. The van der Waals surface area contributed by atoms with Crippen LogP contribution in [0.15, 0.2) is 0 Å². The van der Waals surface area contributed by atoms with Crippen LogP contribution in [0.1, 0.15) is 52.9 Å². The van der Waals surface area contributed by atoms with Crippen LogP contribution in [0.25, 0.3) is 0 Å². The monoisotopic (exact) mass is 256 g/mol. The van der Waals surface area contributed by atoms with Gasteiger partial charge >= 0.3 is 0 Å². The zero-order valence-electron chi connectivity index (χ0n) is 12.1. The molecule has 0 aliphatic heterocycles. The Kier molecular flexibility index (Phi) is 6.65. The van der Waals surface area contributed by atoms with Crippen molar-refractivity contribution in [2.75, 3.05) is 19.7 Å². The van der Waals surface area contributed by atoms with Crippen LogP contribution in [0.4, 0.5) is 0 Å². The van der Waals surface area contributed by atoms with E-state index in [1.807, 2.05) is 20.8 Å². The van der Waals surface area contributed by atoms with Crippen LogP contribution in [-0.2, 0) is 9.53 Å². The van der Waals surface area contributed by atoms with Gasteiger partial charge in [0.05, 0.1) is 19.3 Å². The number of ether oxygens (including phenoxy) is 1. The SMILES string of the molecule is CC(C)(C)NC(=O)CNCCOC1CCCCC1. The first-order valence-corrected chi connectivity index (χ1v) is 7.11. The minimum Gasteiger partial charge on any atom is -0.377 e. The fraction of sp³-hybridized carbons (Fsp3) is 0.929. The summed E-state index contributed by atoms with van der Waals surface area (Å²) in [5, 5.41) is 6.03. The van der Waals surface area contributed by atoms with Gasteiger partial charge in [0.25, 0.3) is 0 Å². The molecule has 0 bridgehead atoms. The molecule has 2 N–H and O–H groups in total. The molecule has 0 heterocycles. The molecule has 0 saturated heterocycles. The molecule has 1 amide bonds. The van der Waals surface area contributed by atoms with Crippen LogP contribution in [0.5, 0.6) is 0 Å². The topological polar surface area (TPSA) is 50.4 Å². The normalized spacial score (nSPS) is 17.7. The Hall–Kier alpha value is -0.610. The van der Waals surface area contributed by atoms with Crippen molar-refractivity contribution in [2.24, 2.45) is 0 Å². The van der Waals surface area contributed by atoms with E-state index in [-0.39, 0.29) is 11.4 Å². The van der Waals surface area contributed by atoms with Crippen LogP contribution < -0.4 is 10.6 Å². The molecule has 106 valence electrons. The van der Waals surface area contributed by atoms with Crippen LogP contribution in [0.3, 0.4) is 0 Å². The molecule has 18 heavy (non-hydrogen) atoms. The Morgan fingerprint density at radius 2 is 1.89 bits per heavy atom. The predicted octanol–water partition coefficient (Wildman–Crippen LogP) is 1.84. The lowest BCUT2D eigenvalue weighted by atomic mass is 9.98. The third kappa shape index (κ3) is 7.67. The lowest BCUT2D eigenvalue weighted by Gasteiger charge is -2.22. The summed E-state index contributed by atoms with van der Waals surface area (Å²) in [6.07, 6.45) is 6.79. The van der Waals surface area contributed by atoms with E-state index < -0.39 is 0 Å². The van der Waals surface area contributed by atoms with E-state index in [9.17, 15) is 4.79 Å². The molecule has 0 aromatic heterocycles. The highest BCUT2D eigenvalue weighted by Crippen LogP contribution is 2.19. The average Bonchev–Trinajstić information content (AvgIpc) is 2.27. The summed E-state index contributed by atoms with van der Waals surface area (Å²) in [6.45, 7) is 7.76. The molecular formula is C14H28N2O2. The summed E-state index contributed by atoms with van der Waals surface area (Å²) in [7, 11) is 0. The molecular weight excluding hydrogens is 228 g/mol. The minimum absolute atomic E-state index is 0.0418. The number of hydrogen-bond acceptors (Lipinski definition) is 3. The number of carbonyl (C=O) groups is 1. The van der Waals surface area contributed by atoms with Crippen molar-refractivity contribution in [3.8, 4) is 0 Å². The number of amides is 1. The van der Waals surface area contributed by atoms with Gasteiger partial charge in [0.15, 0.2) is 0 Å². The Balaban J connectivity index is 1.96. The summed E-state index contributed by atoms with van der Waals surface area (Å²) < 4.78 is 5.77. The Morgan fingerprint density at radius 1 is 1.22 bits per heavy atom. The second-order valence-corrected chi connectivity index (χ2v) is 6.11. The molecule has 1 rings (SSSR count). The maximum atomic E-state index is 11.5. The van der Waals surface area contributed by atoms with Gasteiger partial charge in [0, 0.05) is 12.1 Å². The number of hydrogen-bond donors (Lipinski definition) is 2. The zero-order valence-corrected chi connectivity index (χ0v) is 12.1. The molecule has 4 heteroatoms. The number of rotatable bonds is 6. The van der Waals surface area contributed by atoms with Gasteiger partial charge in [-0.2, -0.15) is 0 Å². The first-order chi connectivity index (χ1) is 8.47. The lowest BCUT2D eigenvalue weighted by Crippen LogP contribution is -2.45. The number of carbonyl (C=O) groups excluding carboxylic acids is 1. The van der Waals surface area contributed by atoms with Crippen molar-refractivity contribution in [1.29, 1.82) is 0 Å². The van der Waals surface area contributed by atoms with Crippen molar-refractivity contribution in [1.82, 2.24) is 10.6 Å². The Bertz CT molecular complexity index is 243. The van der Waals surface area contributed by atoms with Crippen LogP contribution in [0, 0.1) is 0 Å². The molecule has 0 aromatic rings. The first-order valence-electron chi connectivity index (χ1n) is 7.11. The van der Waals surface area contributed by atoms with E-state index in [0.29, 0.717) is 19.3 Å². The van der Waals surface area contributed by atoms with Crippen molar-refractivity contribution < 1.29 is 9.53 Å². The molecule has 4 nitrogen and oxygen atoms in total. The van der Waals surface area contributed by atoms with E-state index in [2.05, 4.69) is 10.6 Å². The van der Waals surface area contributed by atoms with E-state index in [1.165, 1.54) is 32.1 Å². The van der Waals surface area contributed by atoms with Gasteiger partial charge in [-0.05, 0) is 33.6 Å². The summed E-state index contributed by atoms with van der Waals surface area (Å²) in [6, 6.07) is 0. The van der Waals surface area contributed by atoms with E-state index in [0.717, 1.165) is 6.54 Å². The molecule has 0 unspecified atom stereocenters. The molecule has 1 saturated carbocycles. The largest absolute Gasteiger partial charge is 0.377 e. The summed E-state index contributed by atoms with van der Waals surface area (Å²) in [5.74, 6) is 0.0418. The van der Waals surface area contributed by atoms with E-state index in [1.54, 1.807) is 0 Å². The number of nitrogens with one attached hydrogen (secondary N) is 2. The smallest absolute Gasteiger partial charge is 0.234 e. The second-order valence-electron chi connectivity index (χ2n) is 6.11. The maximum absolute atomic E-state index is 11.5. The molecule has 0 spiro atoms.